The van der Waals surface area contributed by atoms with Crippen molar-refractivity contribution in [1.29, 1.82) is 0 Å². The highest BCUT2D eigenvalue weighted by atomic mass is 32.1. The van der Waals surface area contributed by atoms with Crippen LogP contribution >= 0.6 is 11.3 Å². The Kier molecular flexibility index (Phi) is 6.21. The van der Waals surface area contributed by atoms with Gasteiger partial charge < -0.3 is 10.1 Å². The van der Waals surface area contributed by atoms with Gasteiger partial charge in [-0.15, -0.1) is 11.3 Å². The minimum absolute atomic E-state index is 0.00758. The molecule has 2 heterocycles. The number of nitrogens with one attached hydrogen (secondary N) is 1. The highest BCUT2D eigenvalue weighted by Gasteiger charge is 2.25. The zero-order valence-corrected chi connectivity index (χ0v) is 15.4. The monoisotopic (exact) mass is 380 g/mol. The van der Waals surface area contributed by atoms with E-state index in [1.54, 1.807) is 23.5 Å². The van der Waals surface area contributed by atoms with Crippen LogP contribution < -0.4 is 10.1 Å². The zero-order chi connectivity index (χ0) is 18.5. The fraction of sp³-hybridized carbons (Fsp3) is 0.421. The molecule has 1 N–H and O–H groups in total. The van der Waals surface area contributed by atoms with Gasteiger partial charge in [-0.3, -0.25) is 9.69 Å². The number of thiophene rings is 1. The molecule has 140 valence electrons. The third kappa shape index (κ3) is 4.80. The lowest BCUT2D eigenvalue weighted by Gasteiger charge is -2.32. The number of benzene rings is 1. The fourth-order valence-electron chi connectivity index (χ4n) is 3.20. The van der Waals surface area contributed by atoms with Crippen LogP contribution in [0.2, 0.25) is 0 Å². The van der Waals surface area contributed by atoms with E-state index in [1.165, 1.54) is 22.6 Å². The Morgan fingerprint density at radius 1 is 1.35 bits per heavy atom. The average molecular weight is 380 g/mol. The van der Waals surface area contributed by atoms with Crippen LogP contribution in [0.1, 0.15) is 29.0 Å². The summed E-state index contributed by atoms with van der Waals surface area (Å²) in [5.74, 6) is 0.146. The molecule has 0 saturated carbocycles. The molecule has 1 amide bonds. The van der Waals surface area contributed by atoms with E-state index in [2.05, 4.69) is 33.3 Å². The van der Waals surface area contributed by atoms with Gasteiger partial charge >= 0.3 is 6.61 Å². The molecule has 1 aromatic heterocycles. The van der Waals surface area contributed by atoms with Gasteiger partial charge in [0, 0.05) is 24.0 Å². The quantitative estimate of drug-likeness (QED) is 0.798. The lowest BCUT2D eigenvalue weighted by molar-refractivity contribution is -0.122. The van der Waals surface area contributed by atoms with Gasteiger partial charge in [0.2, 0.25) is 5.91 Å². The maximum Gasteiger partial charge on any atom is 0.387 e. The van der Waals surface area contributed by atoms with Crippen molar-refractivity contribution in [3.05, 3.63) is 51.7 Å². The summed E-state index contributed by atoms with van der Waals surface area (Å²) in [5.41, 5.74) is 2.29. The minimum Gasteiger partial charge on any atom is -0.435 e. The van der Waals surface area contributed by atoms with Gasteiger partial charge in [-0.25, -0.2) is 0 Å². The summed E-state index contributed by atoms with van der Waals surface area (Å²) in [7, 11) is 0. The van der Waals surface area contributed by atoms with Crippen molar-refractivity contribution >= 4 is 17.2 Å². The molecule has 0 unspecified atom stereocenters. The Balaban J connectivity index is 1.42. The summed E-state index contributed by atoms with van der Waals surface area (Å²) in [6.45, 7) is 1.12. The van der Waals surface area contributed by atoms with Crippen LogP contribution in [0.25, 0.3) is 0 Å². The summed E-state index contributed by atoms with van der Waals surface area (Å²) in [4.78, 5) is 15.8. The predicted molar refractivity (Wildman–Crippen MR) is 97.8 cm³/mol. The van der Waals surface area contributed by atoms with Crippen molar-refractivity contribution in [2.75, 3.05) is 19.6 Å². The lowest BCUT2D eigenvalue weighted by Crippen LogP contribution is -2.41. The summed E-state index contributed by atoms with van der Waals surface area (Å²) in [6, 6.07) is 8.89. The third-order valence-corrected chi connectivity index (χ3v) is 5.63. The zero-order valence-electron chi connectivity index (χ0n) is 14.6. The van der Waals surface area contributed by atoms with Crippen molar-refractivity contribution in [2.24, 2.45) is 0 Å². The first-order valence-corrected chi connectivity index (χ1v) is 9.51. The summed E-state index contributed by atoms with van der Waals surface area (Å²) >= 11 is 1.79. The lowest BCUT2D eigenvalue weighted by atomic mass is 10.0. The van der Waals surface area contributed by atoms with Gasteiger partial charge in [-0.2, -0.15) is 8.78 Å². The molecular formula is C19H22F2N2O2S. The minimum atomic E-state index is -2.82. The largest absolute Gasteiger partial charge is 0.435 e. The summed E-state index contributed by atoms with van der Waals surface area (Å²) in [5, 5.41) is 5.05. The van der Waals surface area contributed by atoms with E-state index in [9.17, 15) is 13.6 Å². The Labute approximate surface area is 155 Å². The maximum atomic E-state index is 12.2. The number of amides is 1. The van der Waals surface area contributed by atoms with E-state index in [0.717, 1.165) is 18.5 Å². The normalized spacial score (nSPS) is 17.2. The molecule has 7 heteroatoms. The van der Waals surface area contributed by atoms with Crippen molar-refractivity contribution in [1.82, 2.24) is 10.2 Å². The predicted octanol–water partition coefficient (Wildman–Crippen LogP) is 3.63. The number of halogens is 2. The highest BCUT2D eigenvalue weighted by molar-refractivity contribution is 7.10. The molecular weight excluding hydrogens is 358 g/mol. The summed E-state index contributed by atoms with van der Waals surface area (Å²) in [6.07, 6.45) is 1.64. The molecule has 1 aliphatic rings. The number of ether oxygens (including phenoxy) is 1. The van der Waals surface area contributed by atoms with Crippen LogP contribution in [-0.4, -0.2) is 37.1 Å². The van der Waals surface area contributed by atoms with Crippen LogP contribution in [0.5, 0.6) is 5.75 Å². The first-order chi connectivity index (χ1) is 12.5. The molecule has 0 aliphatic carbocycles. The maximum absolute atomic E-state index is 12.2. The summed E-state index contributed by atoms with van der Waals surface area (Å²) < 4.78 is 28.6. The average Bonchev–Trinajstić information content (AvgIpc) is 3.08. The number of rotatable bonds is 7. The molecule has 0 radical (unpaired) electrons. The molecule has 1 aromatic carbocycles. The number of alkyl halides is 2. The number of nitrogens with zero attached hydrogens (tertiary/aromatic N) is 1. The van der Waals surface area contributed by atoms with E-state index in [-0.39, 0.29) is 17.7 Å². The molecule has 4 nitrogen and oxygen atoms in total. The van der Waals surface area contributed by atoms with Gasteiger partial charge in [0.25, 0.3) is 0 Å². The molecule has 26 heavy (non-hydrogen) atoms. The number of carbonyl (C=O) groups is 1. The van der Waals surface area contributed by atoms with E-state index < -0.39 is 6.61 Å². The molecule has 2 aromatic rings. The highest BCUT2D eigenvalue weighted by Crippen LogP contribution is 2.32. The van der Waals surface area contributed by atoms with Gasteiger partial charge in [-0.1, -0.05) is 12.1 Å². The number of carbonyl (C=O) groups excluding carboxylic acids is 1. The second-order valence-electron chi connectivity index (χ2n) is 6.32. The van der Waals surface area contributed by atoms with Crippen LogP contribution in [-0.2, 0) is 17.6 Å². The van der Waals surface area contributed by atoms with Gasteiger partial charge in [0.15, 0.2) is 0 Å². The SMILES string of the molecule is C[C@H]1c2ccsc2CCN1CC(=O)NCCc1ccc(OC(F)F)cc1. The molecule has 0 spiro atoms. The second-order valence-corrected chi connectivity index (χ2v) is 7.32. The topological polar surface area (TPSA) is 41.6 Å². The molecule has 0 bridgehead atoms. The second kappa shape index (κ2) is 8.60. The van der Waals surface area contributed by atoms with E-state index in [4.69, 9.17) is 0 Å². The van der Waals surface area contributed by atoms with Crippen molar-refractivity contribution in [3.63, 3.8) is 0 Å². The number of hydrogen-bond acceptors (Lipinski definition) is 4. The van der Waals surface area contributed by atoms with Crippen LogP contribution in [0, 0.1) is 0 Å². The van der Waals surface area contributed by atoms with Gasteiger partial charge in [0.05, 0.1) is 6.54 Å². The fourth-order valence-corrected chi connectivity index (χ4v) is 4.16. The Hall–Kier alpha value is -1.99. The van der Waals surface area contributed by atoms with Crippen molar-refractivity contribution < 1.29 is 18.3 Å². The van der Waals surface area contributed by atoms with Crippen LogP contribution in [0.3, 0.4) is 0 Å². The van der Waals surface area contributed by atoms with Crippen LogP contribution in [0.15, 0.2) is 35.7 Å². The third-order valence-electron chi connectivity index (χ3n) is 4.63. The first-order valence-electron chi connectivity index (χ1n) is 8.63. The Bertz CT molecular complexity index is 733. The standard InChI is InChI=1S/C19H22F2N2O2S/c1-13-16-8-11-26-17(16)7-10-23(13)12-18(24)22-9-6-14-2-4-15(5-3-14)25-19(20)21/h2-5,8,11,13,19H,6-7,9-10,12H2,1H3,(H,22,24)/t13-/m0/s1. The van der Waals surface area contributed by atoms with Crippen molar-refractivity contribution in [2.45, 2.75) is 32.4 Å². The number of hydrogen-bond donors (Lipinski definition) is 1. The molecule has 3 rings (SSSR count). The molecule has 1 aliphatic heterocycles. The number of fused-ring (bicyclic) bond motifs is 1. The van der Waals surface area contributed by atoms with E-state index in [0.29, 0.717) is 19.5 Å². The van der Waals surface area contributed by atoms with E-state index in [1.807, 2.05) is 0 Å². The smallest absolute Gasteiger partial charge is 0.387 e. The van der Waals surface area contributed by atoms with E-state index >= 15 is 0 Å². The molecule has 0 saturated heterocycles. The van der Waals surface area contributed by atoms with Gasteiger partial charge in [0.1, 0.15) is 5.75 Å². The van der Waals surface area contributed by atoms with Gasteiger partial charge in [-0.05, 0) is 54.5 Å². The Morgan fingerprint density at radius 2 is 2.12 bits per heavy atom. The van der Waals surface area contributed by atoms with Crippen molar-refractivity contribution in [3.8, 4) is 5.75 Å². The molecule has 0 fully saturated rings. The molecule has 1 atom stereocenters. The first kappa shape index (κ1) is 18.8. The van der Waals surface area contributed by atoms with Crippen LogP contribution in [0.4, 0.5) is 8.78 Å². The Morgan fingerprint density at radius 3 is 2.85 bits per heavy atom.